The minimum Gasteiger partial charge on any atom is -0.486 e. The number of nitrogens with zero attached hydrogens (tertiary/aromatic N) is 2. The van der Waals surface area contributed by atoms with Crippen LogP contribution >= 0.6 is 0 Å². The third-order valence-electron chi connectivity index (χ3n) is 6.36. The molecular weight excluding hydrogens is 510 g/mol. The molecule has 0 aliphatic carbocycles. The number of furan rings is 2. The molecule has 202 valence electrons. The van der Waals surface area contributed by atoms with E-state index in [-0.39, 0.29) is 17.9 Å². The van der Waals surface area contributed by atoms with E-state index in [2.05, 4.69) is 41.1 Å². The zero-order valence-electron chi connectivity index (χ0n) is 22.2. The summed E-state index contributed by atoms with van der Waals surface area (Å²) >= 11 is 0. The van der Waals surface area contributed by atoms with Gasteiger partial charge in [-0.05, 0) is 99.1 Å². The fourth-order valence-electron chi connectivity index (χ4n) is 4.35. The molecule has 0 bridgehead atoms. The molecule has 5 rings (SSSR count). The van der Waals surface area contributed by atoms with E-state index in [1.54, 1.807) is 36.4 Å². The molecule has 3 heterocycles. The second kappa shape index (κ2) is 11.2. The van der Waals surface area contributed by atoms with Gasteiger partial charge in [0.2, 0.25) is 0 Å². The monoisotopic (exact) mass is 537 g/mol. The summed E-state index contributed by atoms with van der Waals surface area (Å²) < 4.78 is 19.4. The molecule has 0 fully saturated rings. The quantitative estimate of drug-likeness (QED) is 0.168. The van der Waals surface area contributed by atoms with Crippen molar-refractivity contribution < 1.29 is 28.3 Å². The highest BCUT2D eigenvalue weighted by Gasteiger charge is 2.13. The van der Waals surface area contributed by atoms with Gasteiger partial charge in [-0.25, -0.2) is 10.2 Å². The van der Waals surface area contributed by atoms with Crippen LogP contribution in [0.15, 0.2) is 92.8 Å². The number of aromatic nitrogens is 1. The molecule has 0 aliphatic rings. The standard InChI is InChI=1S/C31H27N3O6/c1-19-16-22(31(36)37)6-13-27(19)28-14-11-25(39-28)17-32-33-30(35)29-15-12-26(40-29)18-38-24-9-7-23(8-10-24)34-20(2)4-5-21(34)3/h4-17H,18H2,1-3H3,(H,33,35)(H,36,37)/b32-17+. The predicted molar refractivity (Wildman–Crippen MR) is 149 cm³/mol. The molecule has 40 heavy (non-hydrogen) atoms. The van der Waals surface area contributed by atoms with Crippen LogP contribution < -0.4 is 10.2 Å². The third-order valence-corrected chi connectivity index (χ3v) is 6.36. The molecule has 0 radical (unpaired) electrons. The summed E-state index contributed by atoms with van der Waals surface area (Å²) in [5.41, 5.74) is 7.52. The Balaban J connectivity index is 1.14. The molecule has 2 N–H and O–H groups in total. The minimum absolute atomic E-state index is 0.0962. The van der Waals surface area contributed by atoms with Gasteiger partial charge in [0.25, 0.3) is 0 Å². The van der Waals surface area contributed by atoms with Crippen LogP contribution in [0.3, 0.4) is 0 Å². The molecule has 0 unspecified atom stereocenters. The maximum absolute atomic E-state index is 12.4. The number of carboxylic acid groups (broad SMARTS) is 1. The maximum atomic E-state index is 12.4. The Morgan fingerprint density at radius 1 is 0.925 bits per heavy atom. The van der Waals surface area contributed by atoms with Crippen molar-refractivity contribution in [3.8, 4) is 22.8 Å². The first-order valence-corrected chi connectivity index (χ1v) is 12.5. The van der Waals surface area contributed by atoms with Crippen LogP contribution in [0.1, 0.15) is 49.4 Å². The van der Waals surface area contributed by atoms with Crippen molar-refractivity contribution in [3.63, 3.8) is 0 Å². The maximum Gasteiger partial charge on any atom is 0.335 e. The molecule has 2 aromatic carbocycles. The molecule has 0 aliphatic heterocycles. The summed E-state index contributed by atoms with van der Waals surface area (Å²) in [6.45, 7) is 6.10. The SMILES string of the molecule is Cc1cc(C(=O)O)ccc1-c1ccc(/C=N/NC(=O)c2ccc(COc3ccc(-n4c(C)ccc4C)cc3)o2)o1. The van der Waals surface area contributed by atoms with Crippen molar-refractivity contribution in [2.45, 2.75) is 27.4 Å². The Labute approximate surface area is 230 Å². The second-order valence-corrected chi connectivity index (χ2v) is 9.24. The first-order valence-electron chi connectivity index (χ1n) is 12.5. The number of carbonyl (C=O) groups is 2. The number of nitrogens with one attached hydrogen (secondary N) is 1. The number of aryl methyl sites for hydroxylation is 3. The molecule has 0 atom stereocenters. The average Bonchev–Trinajstić information content (AvgIpc) is 3.68. The van der Waals surface area contributed by atoms with Gasteiger partial charge in [-0.1, -0.05) is 6.07 Å². The molecule has 0 spiro atoms. The summed E-state index contributed by atoms with van der Waals surface area (Å²) in [4.78, 5) is 23.6. The first kappa shape index (κ1) is 26.3. The van der Waals surface area contributed by atoms with Crippen LogP contribution in [-0.4, -0.2) is 27.8 Å². The smallest absolute Gasteiger partial charge is 0.335 e. The zero-order valence-corrected chi connectivity index (χ0v) is 22.2. The Kier molecular flexibility index (Phi) is 7.37. The van der Waals surface area contributed by atoms with Gasteiger partial charge >= 0.3 is 11.9 Å². The van der Waals surface area contributed by atoms with Gasteiger partial charge in [-0.15, -0.1) is 0 Å². The van der Waals surface area contributed by atoms with Crippen molar-refractivity contribution >= 4 is 18.1 Å². The van der Waals surface area contributed by atoms with Crippen molar-refractivity contribution in [1.82, 2.24) is 9.99 Å². The van der Waals surface area contributed by atoms with Crippen LogP contribution in [0.4, 0.5) is 0 Å². The van der Waals surface area contributed by atoms with Gasteiger partial charge in [0, 0.05) is 22.6 Å². The number of benzene rings is 2. The minimum atomic E-state index is -0.988. The molecule has 0 saturated carbocycles. The number of rotatable bonds is 9. The van der Waals surface area contributed by atoms with Gasteiger partial charge in [-0.3, -0.25) is 4.79 Å². The zero-order chi connectivity index (χ0) is 28.2. The Bertz CT molecular complexity index is 1690. The van der Waals surface area contributed by atoms with Crippen LogP contribution in [0.5, 0.6) is 5.75 Å². The average molecular weight is 538 g/mol. The van der Waals surface area contributed by atoms with E-state index in [0.29, 0.717) is 23.0 Å². The number of hydrogen-bond acceptors (Lipinski definition) is 6. The first-order chi connectivity index (χ1) is 19.3. The third kappa shape index (κ3) is 5.73. The Hall–Kier alpha value is -5.31. The Morgan fingerprint density at radius 2 is 1.68 bits per heavy atom. The summed E-state index contributed by atoms with van der Waals surface area (Å²) in [5.74, 6) is 0.744. The highest BCUT2D eigenvalue weighted by molar-refractivity contribution is 5.92. The fourth-order valence-corrected chi connectivity index (χ4v) is 4.35. The second-order valence-electron chi connectivity index (χ2n) is 9.24. The fraction of sp³-hybridized carbons (Fsp3) is 0.129. The van der Waals surface area contributed by atoms with Crippen molar-refractivity contribution in [2.24, 2.45) is 5.10 Å². The number of amides is 1. The van der Waals surface area contributed by atoms with Gasteiger partial charge in [0.15, 0.2) is 5.76 Å². The highest BCUT2D eigenvalue weighted by atomic mass is 16.5. The van der Waals surface area contributed by atoms with Crippen molar-refractivity contribution in [1.29, 1.82) is 0 Å². The van der Waals surface area contributed by atoms with Gasteiger partial charge < -0.3 is 23.2 Å². The molecule has 3 aromatic heterocycles. The van der Waals surface area contributed by atoms with E-state index in [1.807, 2.05) is 31.2 Å². The van der Waals surface area contributed by atoms with E-state index < -0.39 is 11.9 Å². The number of carbonyl (C=O) groups excluding carboxylic acids is 1. The van der Waals surface area contributed by atoms with E-state index >= 15 is 0 Å². The molecule has 9 nitrogen and oxygen atoms in total. The molecular formula is C31H27N3O6. The highest BCUT2D eigenvalue weighted by Crippen LogP contribution is 2.26. The van der Waals surface area contributed by atoms with Crippen LogP contribution in [-0.2, 0) is 6.61 Å². The molecule has 1 amide bonds. The number of ether oxygens (including phenoxy) is 1. The van der Waals surface area contributed by atoms with Gasteiger partial charge in [-0.2, -0.15) is 5.10 Å². The molecule has 5 aromatic rings. The summed E-state index contributed by atoms with van der Waals surface area (Å²) in [6.07, 6.45) is 1.37. The summed E-state index contributed by atoms with van der Waals surface area (Å²) in [5, 5.41) is 13.1. The van der Waals surface area contributed by atoms with Crippen LogP contribution in [0.25, 0.3) is 17.0 Å². The number of carboxylic acids is 1. The lowest BCUT2D eigenvalue weighted by Crippen LogP contribution is -2.16. The van der Waals surface area contributed by atoms with E-state index in [1.165, 1.54) is 12.3 Å². The largest absolute Gasteiger partial charge is 0.486 e. The van der Waals surface area contributed by atoms with E-state index in [0.717, 1.165) is 28.2 Å². The van der Waals surface area contributed by atoms with Crippen molar-refractivity contribution in [2.75, 3.05) is 0 Å². The van der Waals surface area contributed by atoms with Crippen LogP contribution in [0.2, 0.25) is 0 Å². The normalized spacial score (nSPS) is 11.2. The summed E-state index contributed by atoms with van der Waals surface area (Å²) in [6, 6.07) is 23.4. The van der Waals surface area contributed by atoms with E-state index in [4.69, 9.17) is 18.7 Å². The lowest BCUT2D eigenvalue weighted by molar-refractivity contribution is 0.0696. The predicted octanol–water partition coefficient (Wildman–Crippen LogP) is 6.30. The van der Waals surface area contributed by atoms with E-state index in [9.17, 15) is 9.59 Å². The molecule has 9 heteroatoms. The van der Waals surface area contributed by atoms with Crippen molar-refractivity contribution in [3.05, 3.63) is 119 Å². The molecule has 0 saturated heterocycles. The number of aromatic carboxylic acids is 1. The van der Waals surface area contributed by atoms with Crippen LogP contribution in [0, 0.1) is 20.8 Å². The number of hydrazone groups is 1. The van der Waals surface area contributed by atoms with Gasteiger partial charge in [0.05, 0.1) is 11.8 Å². The lowest BCUT2D eigenvalue weighted by atomic mass is 10.0. The topological polar surface area (TPSA) is 119 Å². The summed E-state index contributed by atoms with van der Waals surface area (Å²) in [7, 11) is 0. The number of hydrogen-bond donors (Lipinski definition) is 2. The Morgan fingerprint density at radius 3 is 2.38 bits per heavy atom. The lowest BCUT2D eigenvalue weighted by Gasteiger charge is -2.10. The van der Waals surface area contributed by atoms with Gasteiger partial charge in [0.1, 0.15) is 29.6 Å².